The average Bonchev–Trinajstić information content (AvgIpc) is 2.18. The molecule has 1 aliphatic rings. The summed E-state index contributed by atoms with van der Waals surface area (Å²) < 4.78 is 10.7. The minimum Gasteiger partial charge on any atom is -0.380 e. The maximum atomic E-state index is 5.44. The van der Waals surface area contributed by atoms with Crippen LogP contribution in [0.4, 0.5) is 0 Å². The fourth-order valence-electron chi connectivity index (χ4n) is 1.68. The molecule has 0 amide bonds. The molecule has 0 spiro atoms. The van der Waals surface area contributed by atoms with Crippen molar-refractivity contribution in [3.63, 3.8) is 0 Å². The molecule has 3 N–H and O–H groups in total. The van der Waals surface area contributed by atoms with Crippen molar-refractivity contribution in [2.75, 3.05) is 39.5 Å². The van der Waals surface area contributed by atoms with Crippen LogP contribution in [0.2, 0.25) is 0 Å². The van der Waals surface area contributed by atoms with Crippen LogP contribution < -0.4 is 11.1 Å². The Bertz CT molecular complexity index is 147. The van der Waals surface area contributed by atoms with Crippen molar-refractivity contribution in [1.82, 2.24) is 5.32 Å². The van der Waals surface area contributed by atoms with E-state index in [4.69, 9.17) is 15.2 Å². The van der Waals surface area contributed by atoms with E-state index in [1.807, 2.05) is 0 Å². The van der Waals surface area contributed by atoms with Crippen molar-refractivity contribution in [1.29, 1.82) is 0 Å². The van der Waals surface area contributed by atoms with Crippen LogP contribution in [0.15, 0.2) is 0 Å². The summed E-state index contributed by atoms with van der Waals surface area (Å²) >= 11 is 0. The molecule has 1 heterocycles. The van der Waals surface area contributed by atoms with Crippen LogP contribution in [0, 0.1) is 0 Å². The highest BCUT2D eigenvalue weighted by molar-refractivity contribution is 4.84. The van der Waals surface area contributed by atoms with E-state index in [0.717, 1.165) is 32.8 Å². The fourth-order valence-corrected chi connectivity index (χ4v) is 1.68. The Balaban J connectivity index is 2.03. The van der Waals surface area contributed by atoms with Gasteiger partial charge in [0.25, 0.3) is 0 Å². The second-order valence-electron chi connectivity index (χ2n) is 4.04. The zero-order chi connectivity index (χ0) is 10.3. The first kappa shape index (κ1) is 11.9. The van der Waals surface area contributed by atoms with E-state index in [0.29, 0.717) is 13.2 Å². The van der Waals surface area contributed by atoms with Crippen molar-refractivity contribution < 1.29 is 9.47 Å². The van der Waals surface area contributed by atoms with Crippen molar-refractivity contribution in [2.45, 2.75) is 25.3 Å². The first-order valence-electron chi connectivity index (χ1n) is 5.37. The number of nitrogens with one attached hydrogen (secondary N) is 1. The van der Waals surface area contributed by atoms with Gasteiger partial charge >= 0.3 is 0 Å². The lowest BCUT2D eigenvalue weighted by Gasteiger charge is -2.34. The summed E-state index contributed by atoms with van der Waals surface area (Å²) in [7, 11) is 0. The second kappa shape index (κ2) is 6.35. The zero-order valence-electron chi connectivity index (χ0n) is 9.05. The Hall–Kier alpha value is -0.160. The number of nitrogens with two attached hydrogens (primary N) is 1. The molecule has 0 aliphatic carbocycles. The molecule has 1 saturated heterocycles. The van der Waals surface area contributed by atoms with Gasteiger partial charge in [0.15, 0.2) is 0 Å². The third-order valence-corrected chi connectivity index (χ3v) is 2.50. The molecule has 1 unspecified atom stereocenters. The van der Waals surface area contributed by atoms with Crippen LogP contribution in [0.25, 0.3) is 0 Å². The molecule has 0 bridgehead atoms. The highest BCUT2D eigenvalue weighted by Gasteiger charge is 2.26. The van der Waals surface area contributed by atoms with Crippen molar-refractivity contribution in [3.05, 3.63) is 0 Å². The quantitative estimate of drug-likeness (QED) is 0.601. The van der Waals surface area contributed by atoms with E-state index in [-0.39, 0.29) is 5.54 Å². The van der Waals surface area contributed by atoms with Crippen LogP contribution in [-0.4, -0.2) is 45.1 Å². The van der Waals surface area contributed by atoms with E-state index < -0.39 is 0 Å². The molecule has 0 saturated carbocycles. The van der Waals surface area contributed by atoms with Crippen molar-refractivity contribution in [2.24, 2.45) is 5.73 Å². The van der Waals surface area contributed by atoms with Crippen LogP contribution in [0.1, 0.15) is 19.8 Å². The largest absolute Gasteiger partial charge is 0.380 e. The second-order valence-corrected chi connectivity index (χ2v) is 4.04. The van der Waals surface area contributed by atoms with Gasteiger partial charge in [-0.2, -0.15) is 0 Å². The van der Waals surface area contributed by atoms with Crippen LogP contribution in [0.5, 0.6) is 0 Å². The number of hydrogen-bond donors (Lipinski definition) is 2. The van der Waals surface area contributed by atoms with Gasteiger partial charge in [0.1, 0.15) is 0 Å². The van der Waals surface area contributed by atoms with Gasteiger partial charge in [-0.1, -0.05) is 0 Å². The van der Waals surface area contributed by atoms with E-state index in [1.54, 1.807) is 0 Å². The van der Waals surface area contributed by atoms with Crippen molar-refractivity contribution >= 4 is 0 Å². The Morgan fingerprint density at radius 2 is 2.36 bits per heavy atom. The highest BCUT2D eigenvalue weighted by Crippen LogP contribution is 2.17. The Kier molecular flexibility index (Phi) is 5.40. The third kappa shape index (κ3) is 4.37. The lowest BCUT2D eigenvalue weighted by Crippen LogP contribution is -2.50. The highest BCUT2D eigenvalue weighted by atomic mass is 16.5. The average molecular weight is 202 g/mol. The predicted molar refractivity (Wildman–Crippen MR) is 56.3 cm³/mol. The summed E-state index contributed by atoms with van der Waals surface area (Å²) in [5.41, 5.74) is 5.46. The maximum Gasteiger partial charge on any atom is 0.0645 e. The Morgan fingerprint density at radius 3 is 3.00 bits per heavy atom. The fraction of sp³-hybridized carbons (Fsp3) is 1.00. The molecule has 0 aromatic heterocycles. The van der Waals surface area contributed by atoms with Crippen LogP contribution in [-0.2, 0) is 9.47 Å². The van der Waals surface area contributed by atoms with E-state index >= 15 is 0 Å². The lowest BCUT2D eigenvalue weighted by atomic mass is 9.95. The van der Waals surface area contributed by atoms with Crippen LogP contribution in [0.3, 0.4) is 0 Å². The summed E-state index contributed by atoms with van der Waals surface area (Å²) in [5, 5.41) is 3.47. The van der Waals surface area contributed by atoms with Gasteiger partial charge in [-0.15, -0.1) is 0 Å². The topological polar surface area (TPSA) is 56.5 Å². The first-order valence-corrected chi connectivity index (χ1v) is 5.37. The molecule has 4 heteroatoms. The van der Waals surface area contributed by atoms with Crippen molar-refractivity contribution in [3.8, 4) is 0 Å². The molecule has 0 aromatic carbocycles. The van der Waals surface area contributed by atoms with E-state index in [1.165, 1.54) is 6.42 Å². The molecule has 0 radical (unpaired) electrons. The van der Waals surface area contributed by atoms with Gasteiger partial charge in [-0.05, 0) is 19.8 Å². The minimum atomic E-state index is 0.143. The van der Waals surface area contributed by atoms with Gasteiger partial charge in [0, 0.05) is 25.2 Å². The Labute approximate surface area is 86.1 Å². The van der Waals surface area contributed by atoms with Gasteiger partial charge in [-0.3, -0.25) is 0 Å². The molecule has 4 nitrogen and oxygen atoms in total. The summed E-state index contributed by atoms with van der Waals surface area (Å²) in [6.07, 6.45) is 2.33. The SMILES string of the molecule is CC1(NCCOCCN)CCCOC1. The summed E-state index contributed by atoms with van der Waals surface area (Å²) in [6, 6.07) is 0. The van der Waals surface area contributed by atoms with Gasteiger partial charge in [0.05, 0.1) is 19.8 Å². The molecule has 1 atom stereocenters. The lowest BCUT2D eigenvalue weighted by molar-refractivity contribution is 0.0242. The monoisotopic (exact) mass is 202 g/mol. The molecule has 0 aromatic rings. The predicted octanol–water partition coefficient (Wildman–Crippen LogP) is 0.120. The molecule has 1 fully saturated rings. The van der Waals surface area contributed by atoms with Gasteiger partial charge in [-0.25, -0.2) is 0 Å². The standard InChI is InChI=1S/C10H22N2O2/c1-10(3-2-6-14-9-10)12-5-8-13-7-4-11/h12H,2-9,11H2,1H3. The molecule has 1 aliphatic heterocycles. The Morgan fingerprint density at radius 1 is 1.50 bits per heavy atom. The summed E-state index contributed by atoms with van der Waals surface area (Å²) in [4.78, 5) is 0. The molecule has 1 rings (SSSR count). The summed E-state index contributed by atoms with van der Waals surface area (Å²) in [6.45, 7) is 6.77. The smallest absolute Gasteiger partial charge is 0.0645 e. The zero-order valence-corrected chi connectivity index (χ0v) is 9.05. The van der Waals surface area contributed by atoms with Crippen LogP contribution >= 0.6 is 0 Å². The molecular formula is C10H22N2O2. The van der Waals surface area contributed by atoms with Gasteiger partial charge < -0.3 is 20.5 Å². The van der Waals surface area contributed by atoms with E-state index in [2.05, 4.69) is 12.2 Å². The van der Waals surface area contributed by atoms with Gasteiger partial charge in [0.2, 0.25) is 0 Å². The minimum absolute atomic E-state index is 0.143. The molecule has 84 valence electrons. The number of rotatable bonds is 6. The third-order valence-electron chi connectivity index (χ3n) is 2.50. The normalized spacial score (nSPS) is 27.9. The summed E-state index contributed by atoms with van der Waals surface area (Å²) in [5.74, 6) is 0. The molecular weight excluding hydrogens is 180 g/mol. The first-order chi connectivity index (χ1) is 6.77. The number of ether oxygens (including phenoxy) is 2. The maximum absolute atomic E-state index is 5.44. The number of hydrogen-bond acceptors (Lipinski definition) is 4. The van der Waals surface area contributed by atoms with E-state index in [9.17, 15) is 0 Å². The molecule has 14 heavy (non-hydrogen) atoms.